The molecule has 1 heterocycles. The maximum Gasteiger partial charge on any atom is 0.328 e. The summed E-state index contributed by atoms with van der Waals surface area (Å²) in [6.45, 7) is 1.73. The van der Waals surface area contributed by atoms with Crippen molar-refractivity contribution in [3.05, 3.63) is 29.3 Å². The summed E-state index contributed by atoms with van der Waals surface area (Å²) in [6.07, 6.45) is 0.778. The van der Waals surface area contributed by atoms with Gasteiger partial charge >= 0.3 is 5.97 Å². The first-order chi connectivity index (χ1) is 8.49. The second-order valence-corrected chi connectivity index (χ2v) is 5.50. The number of hydrogen-bond acceptors (Lipinski definition) is 4. The molecule has 0 aliphatic carbocycles. The van der Waals surface area contributed by atoms with Crippen molar-refractivity contribution in [2.24, 2.45) is 5.73 Å². The SMILES string of the molecule is CCC(N)(C(=O)O)c1ccc2c(c1)C(=O)CCS2. The Hall–Kier alpha value is -1.33. The van der Waals surface area contributed by atoms with Gasteiger partial charge in [-0.05, 0) is 24.1 Å². The van der Waals surface area contributed by atoms with Crippen LogP contribution in [0.2, 0.25) is 0 Å². The third-order valence-electron chi connectivity index (χ3n) is 3.32. The van der Waals surface area contributed by atoms with Gasteiger partial charge in [0.2, 0.25) is 0 Å². The van der Waals surface area contributed by atoms with Crippen LogP contribution >= 0.6 is 11.8 Å². The Morgan fingerprint density at radius 3 is 2.89 bits per heavy atom. The van der Waals surface area contributed by atoms with Crippen molar-refractivity contribution in [1.82, 2.24) is 0 Å². The molecule has 2 rings (SSSR count). The molecule has 0 radical (unpaired) electrons. The molecule has 0 bridgehead atoms. The Labute approximate surface area is 110 Å². The third kappa shape index (κ3) is 2.04. The second kappa shape index (κ2) is 4.74. The molecular formula is C13H15NO3S. The standard InChI is InChI=1S/C13H15NO3S/c1-2-13(14,12(16)17)8-3-4-11-9(7-8)10(15)5-6-18-11/h3-4,7H,2,5-6,14H2,1H3,(H,16,17). The molecule has 18 heavy (non-hydrogen) atoms. The van der Waals surface area contributed by atoms with E-state index in [0.717, 1.165) is 10.6 Å². The summed E-state index contributed by atoms with van der Waals surface area (Å²) in [5.74, 6) is -0.221. The summed E-state index contributed by atoms with van der Waals surface area (Å²) in [4.78, 5) is 24.0. The lowest BCUT2D eigenvalue weighted by Crippen LogP contribution is -2.44. The molecule has 1 aromatic carbocycles. The fourth-order valence-electron chi connectivity index (χ4n) is 2.02. The van der Waals surface area contributed by atoms with Gasteiger partial charge in [0.15, 0.2) is 5.78 Å². The number of ketones is 1. The van der Waals surface area contributed by atoms with Crippen LogP contribution in [0.5, 0.6) is 0 Å². The molecule has 1 aliphatic rings. The second-order valence-electron chi connectivity index (χ2n) is 4.36. The fourth-order valence-corrected chi connectivity index (χ4v) is 3.02. The highest BCUT2D eigenvalue weighted by atomic mass is 32.2. The minimum absolute atomic E-state index is 0.0643. The summed E-state index contributed by atoms with van der Waals surface area (Å²) in [5.41, 5.74) is 5.60. The van der Waals surface area contributed by atoms with E-state index < -0.39 is 11.5 Å². The van der Waals surface area contributed by atoms with Crippen LogP contribution in [0.3, 0.4) is 0 Å². The lowest BCUT2D eigenvalue weighted by Gasteiger charge is -2.25. The van der Waals surface area contributed by atoms with Crippen molar-refractivity contribution in [2.45, 2.75) is 30.2 Å². The average Bonchev–Trinajstić information content (AvgIpc) is 2.37. The predicted molar refractivity (Wildman–Crippen MR) is 69.9 cm³/mol. The number of Topliss-reactive ketones (excluding diaryl/α,β-unsaturated/α-hetero) is 1. The van der Waals surface area contributed by atoms with Crippen molar-refractivity contribution in [3.8, 4) is 0 Å². The summed E-state index contributed by atoms with van der Waals surface area (Å²) >= 11 is 1.62. The highest BCUT2D eigenvalue weighted by molar-refractivity contribution is 7.99. The van der Waals surface area contributed by atoms with Crippen LogP contribution in [0, 0.1) is 0 Å². The molecule has 4 nitrogen and oxygen atoms in total. The van der Waals surface area contributed by atoms with Crippen LogP contribution in [0.1, 0.15) is 35.7 Å². The smallest absolute Gasteiger partial charge is 0.328 e. The van der Waals surface area contributed by atoms with E-state index in [2.05, 4.69) is 0 Å². The molecule has 96 valence electrons. The maximum atomic E-state index is 11.8. The van der Waals surface area contributed by atoms with Gasteiger partial charge < -0.3 is 10.8 Å². The summed E-state index contributed by atoms with van der Waals surface area (Å²) in [5, 5.41) is 9.24. The van der Waals surface area contributed by atoms with Gasteiger partial charge in [-0.2, -0.15) is 0 Å². The third-order valence-corrected chi connectivity index (χ3v) is 4.40. The molecule has 5 heteroatoms. The van der Waals surface area contributed by atoms with Gasteiger partial charge in [0.1, 0.15) is 5.54 Å². The van der Waals surface area contributed by atoms with E-state index in [-0.39, 0.29) is 12.2 Å². The Kier molecular flexibility index (Phi) is 3.45. The number of carbonyl (C=O) groups excluding carboxylic acids is 1. The Balaban J connectivity index is 2.51. The first-order valence-corrected chi connectivity index (χ1v) is 6.80. The Morgan fingerprint density at radius 2 is 2.28 bits per heavy atom. The van der Waals surface area contributed by atoms with Gasteiger partial charge in [0.05, 0.1) is 0 Å². The van der Waals surface area contributed by atoms with Crippen LogP contribution in [-0.4, -0.2) is 22.6 Å². The summed E-state index contributed by atoms with van der Waals surface area (Å²) in [7, 11) is 0. The van der Waals surface area contributed by atoms with Crippen LogP contribution in [0.25, 0.3) is 0 Å². The topological polar surface area (TPSA) is 80.4 Å². The number of rotatable bonds is 3. The number of benzene rings is 1. The summed E-state index contributed by atoms with van der Waals surface area (Å²) in [6, 6.07) is 5.15. The molecule has 1 aromatic rings. The first-order valence-electron chi connectivity index (χ1n) is 5.82. The molecular weight excluding hydrogens is 250 g/mol. The van der Waals surface area contributed by atoms with E-state index in [1.807, 2.05) is 0 Å². The van der Waals surface area contributed by atoms with Crippen LogP contribution in [0.15, 0.2) is 23.1 Å². The van der Waals surface area contributed by atoms with E-state index in [1.165, 1.54) is 0 Å². The van der Waals surface area contributed by atoms with Gasteiger partial charge in [-0.15, -0.1) is 11.8 Å². The van der Waals surface area contributed by atoms with Crippen molar-refractivity contribution < 1.29 is 14.7 Å². The lowest BCUT2D eigenvalue weighted by molar-refractivity contribution is -0.143. The number of carboxylic acid groups (broad SMARTS) is 1. The van der Waals surface area contributed by atoms with E-state index in [4.69, 9.17) is 5.73 Å². The molecule has 1 unspecified atom stereocenters. The van der Waals surface area contributed by atoms with Gasteiger partial charge in [-0.1, -0.05) is 13.0 Å². The Morgan fingerprint density at radius 1 is 1.56 bits per heavy atom. The minimum atomic E-state index is -1.42. The van der Waals surface area contributed by atoms with Crippen LogP contribution < -0.4 is 5.73 Å². The van der Waals surface area contributed by atoms with Crippen molar-refractivity contribution in [3.63, 3.8) is 0 Å². The molecule has 1 atom stereocenters. The average molecular weight is 265 g/mol. The molecule has 0 fully saturated rings. The van der Waals surface area contributed by atoms with Crippen molar-refractivity contribution in [1.29, 1.82) is 0 Å². The fraction of sp³-hybridized carbons (Fsp3) is 0.385. The normalized spacial score (nSPS) is 18.0. The molecule has 0 spiro atoms. The van der Waals surface area contributed by atoms with E-state index in [9.17, 15) is 14.7 Å². The number of fused-ring (bicyclic) bond motifs is 1. The summed E-state index contributed by atoms with van der Waals surface area (Å²) < 4.78 is 0. The highest BCUT2D eigenvalue weighted by Gasteiger charge is 2.35. The van der Waals surface area contributed by atoms with Crippen LogP contribution in [-0.2, 0) is 10.3 Å². The molecule has 1 aliphatic heterocycles. The zero-order valence-corrected chi connectivity index (χ0v) is 10.9. The van der Waals surface area contributed by atoms with E-state index in [1.54, 1.807) is 36.9 Å². The van der Waals surface area contributed by atoms with E-state index in [0.29, 0.717) is 17.5 Å². The number of carbonyl (C=O) groups is 2. The zero-order chi connectivity index (χ0) is 13.3. The molecule has 0 amide bonds. The lowest BCUT2D eigenvalue weighted by atomic mass is 9.87. The van der Waals surface area contributed by atoms with Gasteiger partial charge in [0, 0.05) is 22.6 Å². The quantitative estimate of drug-likeness (QED) is 0.873. The number of carboxylic acids is 1. The number of aliphatic carboxylic acids is 1. The predicted octanol–water partition coefficient (Wildman–Crippen LogP) is 2.01. The zero-order valence-electron chi connectivity index (χ0n) is 10.1. The number of hydrogen-bond donors (Lipinski definition) is 2. The first kappa shape index (κ1) is 13.1. The monoisotopic (exact) mass is 265 g/mol. The number of thioether (sulfide) groups is 1. The molecule has 0 saturated carbocycles. The Bertz CT molecular complexity index is 515. The number of nitrogens with two attached hydrogens (primary N) is 1. The molecule has 0 saturated heterocycles. The van der Waals surface area contributed by atoms with Crippen molar-refractivity contribution >= 4 is 23.5 Å². The van der Waals surface area contributed by atoms with E-state index >= 15 is 0 Å². The maximum absolute atomic E-state index is 11.8. The van der Waals surface area contributed by atoms with Crippen molar-refractivity contribution in [2.75, 3.05) is 5.75 Å². The largest absolute Gasteiger partial charge is 0.480 e. The van der Waals surface area contributed by atoms with Gasteiger partial charge in [0.25, 0.3) is 0 Å². The molecule has 0 aromatic heterocycles. The highest BCUT2D eigenvalue weighted by Crippen LogP contribution is 2.33. The van der Waals surface area contributed by atoms with Gasteiger partial charge in [-0.25, -0.2) is 4.79 Å². The van der Waals surface area contributed by atoms with Gasteiger partial charge in [-0.3, -0.25) is 4.79 Å². The van der Waals surface area contributed by atoms with Crippen LogP contribution in [0.4, 0.5) is 0 Å². The minimum Gasteiger partial charge on any atom is -0.480 e. The molecule has 3 N–H and O–H groups in total.